The van der Waals surface area contributed by atoms with Crippen LogP contribution in [0.15, 0.2) is 30.7 Å². The van der Waals surface area contributed by atoms with Crippen LogP contribution in [0.25, 0.3) is 22.2 Å². The van der Waals surface area contributed by atoms with E-state index in [4.69, 9.17) is 0 Å². The van der Waals surface area contributed by atoms with Crippen LogP contribution in [0.3, 0.4) is 0 Å². The molecule has 26 heavy (non-hydrogen) atoms. The van der Waals surface area contributed by atoms with Gasteiger partial charge in [-0.15, -0.1) is 10.2 Å². The zero-order valence-corrected chi connectivity index (χ0v) is 15.0. The SMILES string of the molecule is Cc1cnc(-c2nnc(N[C@@H]3CCCN(C)C3)c3cnccc23)c(O)c1. The Morgan fingerprint density at radius 2 is 2.08 bits per heavy atom. The number of nitrogens with one attached hydrogen (secondary N) is 1. The highest BCUT2D eigenvalue weighted by atomic mass is 16.3. The topological polar surface area (TPSA) is 87.1 Å². The highest BCUT2D eigenvalue weighted by molar-refractivity contribution is 5.99. The zero-order chi connectivity index (χ0) is 18.1. The van der Waals surface area contributed by atoms with Crippen LogP contribution in [0, 0.1) is 6.92 Å². The van der Waals surface area contributed by atoms with Crippen molar-refractivity contribution in [3.8, 4) is 17.1 Å². The standard InChI is InChI=1S/C19H22N6O/c1-12-8-16(26)18(21-9-12)17-14-5-6-20-10-15(14)19(24-23-17)22-13-4-3-7-25(2)11-13/h5-6,8-10,13,26H,3-4,7,11H2,1-2H3,(H,22,24)/t13-/m1/s1. The molecule has 0 spiro atoms. The van der Waals surface area contributed by atoms with Gasteiger partial charge in [-0.2, -0.15) is 0 Å². The predicted molar refractivity (Wildman–Crippen MR) is 101 cm³/mol. The van der Waals surface area contributed by atoms with E-state index >= 15 is 0 Å². The van der Waals surface area contributed by atoms with Gasteiger partial charge < -0.3 is 15.3 Å². The van der Waals surface area contributed by atoms with Crippen LogP contribution >= 0.6 is 0 Å². The van der Waals surface area contributed by atoms with Gasteiger partial charge in [0.2, 0.25) is 0 Å². The van der Waals surface area contributed by atoms with Crippen LogP contribution in [-0.4, -0.2) is 56.4 Å². The number of hydrogen-bond acceptors (Lipinski definition) is 7. The molecular formula is C19H22N6O. The third-order valence-corrected chi connectivity index (χ3v) is 4.78. The van der Waals surface area contributed by atoms with Gasteiger partial charge in [0, 0.05) is 41.9 Å². The summed E-state index contributed by atoms with van der Waals surface area (Å²) in [7, 11) is 2.13. The summed E-state index contributed by atoms with van der Waals surface area (Å²) < 4.78 is 0. The van der Waals surface area contributed by atoms with Gasteiger partial charge >= 0.3 is 0 Å². The van der Waals surface area contributed by atoms with E-state index in [1.807, 2.05) is 13.0 Å². The highest BCUT2D eigenvalue weighted by Gasteiger charge is 2.20. The van der Waals surface area contributed by atoms with Crippen molar-refractivity contribution >= 4 is 16.6 Å². The summed E-state index contributed by atoms with van der Waals surface area (Å²) in [6.45, 7) is 3.99. The number of likely N-dealkylation sites (N-methyl/N-ethyl adjacent to an activating group) is 1. The summed E-state index contributed by atoms with van der Waals surface area (Å²) in [5.74, 6) is 0.829. The van der Waals surface area contributed by atoms with Gasteiger partial charge in [-0.05, 0) is 51.1 Å². The van der Waals surface area contributed by atoms with E-state index in [9.17, 15) is 5.11 Å². The van der Waals surface area contributed by atoms with E-state index in [1.54, 1.807) is 24.7 Å². The van der Waals surface area contributed by atoms with Crippen molar-refractivity contribution in [2.24, 2.45) is 0 Å². The molecule has 3 aromatic rings. The quantitative estimate of drug-likeness (QED) is 0.751. The highest BCUT2D eigenvalue weighted by Crippen LogP contribution is 2.33. The summed E-state index contributed by atoms with van der Waals surface area (Å²) in [4.78, 5) is 10.9. The molecule has 1 aliphatic rings. The third-order valence-electron chi connectivity index (χ3n) is 4.78. The molecule has 2 N–H and O–H groups in total. The number of piperidine rings is 1. The molecule has 0 bridgehead atoms. The van der Waals surface area contributed by atoms with Gasteiger partial charge in [0.15, 0.2) is 5.82 Å². The van der Waals surface area contributed by atoms with Crippen LogP contribution in [0.1, 0.15) is 18.4 Å². The van der Waals surface area contributed by atoms with E-state index in [2.05, 4.69) is 37.4 Å². The lowest BCUT2D eigenvalue weighted by atomic mass is 10.1. The number of aryl methyl sites for hydroxylation is 1. The van der Waals surface area contributed by atoms with Crippen molar-refractivity contribution in [1.29, 1.82) is 0 Å². The second-order valence-electron chi connectivity index (χ2n) is 6.94. The lowest BCUT2D eigenvalue weighted by molar-refractivity contribution is 0.261. The first-order valence-corrected chi connectivity index (χ1v) is 8.83. The Kier molecular flexibility index (Phi) is 4.38. The Morgan fingerprint density at radius 1 is 1.19 bits per heavy atom. The number of hydrogen-bond donors (Lipinski definition) is 2. The lowest BCUT2D eigenvalue weighted by Gasteiger charge is -2.30. The number of pyridine rings is 2. The predicted octanol–water partition coefficient (Wildman–Crippen LogP) is 2.61. The molecule has 3 aromatic heterocycles. The Labute approximate surface area is 152 Å². The fraction of sp³-hybridized carbons (Fsp3) is 0.368. The Balaban J connectivity index is 1.76. The maximum absolute atomic E-state index is 10.3. The van der Waals surface area contributed by atoms with Crippen molar-refractivity contribution < 1.29 is 5.11 Å². The van der Waals surface area contributed by atoms with Gasteiger partial charge in [-0.1, -0.05) is 0 Å². The summed E-state index contributed by atoms with van der Waals surface area (Å²) >= 11 is 0. The summed E-state index contributed by atoms with van der Waals surface area (Å²) in [5.41, 5.74) is 1.89. The smallest absolute Gasteiger partial charge is 0.158 e. The largest absolute Gasteiger partial charge is 0.506 e. The average Bonchev–Trinajstić information content (AvgIpc) is 2.63. The second-order valence-corrected chi connectivity index (χ2v) is 6.94. The Morgan fingerprint density at radius 3 is 2.88 bits per heavy atom. The average molecular weight is 350 g/mol. The Hall–Kier alpha value is -2.80. The molecular weight excluding hydrogens is 328 g/mol. The van der Waals surface area contributed by atoms with Gasteiger partial charge in [0.1, 0.15) is 17.1 Å². The number of aromatic nitrogens is 4. The first-order valence-electron chi connectivity index (χ1n) is 8.83. The minimum atomic E-state index is 0.104. The van der Waals surface area contributed by atoms with Crippen molar-refractivity contribution in [3.05, 3.63) is 36.3 Å². The van der Waals surface area contributed by atoms with Crippen LogP contribution in [-0.2, 0) is 0 Å². The van der Waals surface area contributed by atoms with E-state index < -0.39 is 0 Å². The molecule has 0 amide bonds. The monoisotopic (exact) mass is 350 g/mol. The zero-order valence-electron chi connectivity index (χ0n) is 15.0. The van der Waals surface area contributed by atoms with Crippen LogP contribution < -0.4 is 5.32 Å². The van der Waals surface area contributed by atoms with E-state index in [1.165, 1.54) is 0 Å². The molecule has 7 nitrogen and oxygen atoms in total. The number of aromatic hydroxyl groups is 1. The van der Waals surface area contributed by atoms with Gasteiger partial charge in [0.25, 0.3) is 0 Å². The molecule has 0 saturated carbocycles. The molecule has 1 saturated heterocycles. The number of rotatable bonds is 3. The molecule has 1 aliphatic heterocycles. The first kappa shape index (κ1) is 16.7. The number of anilines is 1. The minimum absolute atomic E-state index is 0.104. The summed E-state index contributed by atoms with van der Waals surface area (Å²) in [5, 5.41) is 24.3. The fourth-order valence-electron chi connectivity index (χ4n) is 3.49. The summed E-state index contributed by atoms with van der Waals surface area (Å²) in [6.07, 6.45) is 7.49. The summed E-state index contributed by atoms with van der Waals surface area (Å²) in [6, 6.07) is 3.91. The molecule has 0 aliphatic carbocycles. The normalized spacial score (nSPS) is 18.2. The van der Waals surface area contributed by atoms with Gasteiger partial charge in [0.05, 0.1) is 0 Å². The van der Waals surface area contributed by atoms with Crippen molar-refractivity contribution in [1.82, 2.24) is 25.1 Å². The Bertz CT molecular complexity index is 944. The number of likely N-dealkylation sites (tertiary alicyclic amines) is 1. The van der Waals surface area contributed by atoms with Crippen LogP contribution in [0.4, 0.5) is 5.82 Å². The van der Waals surface area contributed by atoms with Gasteiger partial charge in [-0.3, -0.25) is 9.97 Å². The van der Waals surface area contributed by atoms with Crippen molar-refractivity contribution in [2.45, 2.75) is 25.8 Å². The van der Waals surface area contributed by atoms with Crippen LogP contribution in [0.2, 0.25) is 0 Å². The number of fused-ring (bicyclic) bond motifs is 1. The van der Waals surface area contributed by atoms with Crippen molar-refractivity contribution in [3.63, 3.8) is 0 Å². The van der Waals surface area contributed by atoms with E-state index in [0.29, 0.717) is 17.4 Å². The van der Waals surface area contributed by atoms with Crippen molar-refractivity contribution in [2.75, 3.05) is 25.5 Å². The molecule has 7 heteroatoms. The molecule has 4 rings (SSSR count). The molecule has 0 aromatic carbocycles. The maximum Gasteiger partial charge on any atom is 0.158 e. The second kappa shape index (κ2) is 6.84. The van der Waals surface area contributed by atoms with E-state index in [-0.39, 0.29) is 5.75 Å². The molecule has 0 radical (unpaired) electrons. The van der Waals surface area contributed by atoms with Crippen LogP contribution in [0.5, 0.6) is 5.75 Å². The molecule has 4 heterocycles. The molecule has 134 valence electrons. The molecule has 1 fully saturated rings. The minimum Gasteiger partial charge on any atom is -0.506 e. The first-order chi connectivity index (χ1) is 12.6. The number of nitrogens with zero attached hydrogens (tertiary/aromatic N) is 5. The van der Waals surface area contributed by atoms with E-state index in [0.717, 1.165) is 48.1 Å². The molecule has 1 atom stereocenters. The lowest BCUT2D eigenvalue weighted by Crippen LogP contribution is -2.40. The fourth-order valence-corrected chi connectivity index (χ4v) is 3.49. The maximum atomic E-state index is 10.3. The van der Waals surface area contributed by atoms with Gasteiger partial charge in [-0.25, -0.2) is 0 Å². The molecule has 0 unspecified atom stereocenters. The third kappa shape index (κ3) is 3.17.